The van der Waals surface area contributed by atoms with Crippen LogP contribution in [0.2, 0.25) is 0 Å². The third-order valence-electron chi connectivity index (χ3n) is 4.09. The third-order valence-corrected chi connectivity index (χ3v) is 4.09. The molecule has 0 atom stereocenters. The number of anilines is 1. The lowest BCUT2D eigenvalue weighted by Crippen LogP contribution is -2.32. The van der Waals surface area contributed by atoms with Gasteiger partial charge in [-0.05, 0) is 36.8 Å². The van der Waals surface area contributed by atoms with Gasteiger partial charge in [0.25, 0.3) is 17.4 Å². The molecular formula is C21H19N3O4. The van der Waals surface area contributed by atoms with Gasteiger partial charge in [0.1, 0.15) is 12.2 Å². The zero-order chi connectivity index (χ0) is 20.1. The molecule has 0 saturated heterocycles. The number of nitrogens with one attached hydrogen (secondary N) is 1. The lowest BCUT2D eigenvalue weighted by molar-refractivity contribution is 0.0863. The quantitative estimate of drug-likeness (QED) is 0.687. The van der Waals surface area contributed by atoms with Gasteiger partial charge in [-0.2, -0.15) is 4.73 Å². The van der Waals surface area contributed by atoms with Gasteiger partial charge >= 0.3 is 0 Å². The molecule has 3 rings (SSSR count). The number of carbonyl (C=O) groups is 2. The van der Waals surface area contributed by atoms with Crippen molar-refractivity contribution in [3.63, 3.8) is 0 Å². The minimum atomic E-state index is -0.678. The van der Waals surface area contributed by atoms with Crippen LogP contribution in [0, 0.1) is 6.92 Å². The first-order chi connectivity index (χ1) is 13.5. The van der Waals surface area contributed by atoms with E-state index in [2.05, 4.69) is 5.32 Å². The average molecular weight is 377 g/mol. The van der Waals surface area contributed by atoms with Crippen molar-refractivity contribution in [2.75, 3.05) is 5.32 Å². The normalized spacial score (nSPS) is 10.3. The highest BCUT2D eigenvalue weighted by Crippen LogP contribution is 2.15. The Morgan fingerprint density at radius 2 is 1.68 bits per heavy atom. The number of hydrogen-bond acceptors (Lipinski definition) is 4. The lowest BCUT2D eigenvalue weighted by atomic mass is 10.1. The van der Waals surface area contributed by atoms with E-state index >= 15 is 0 Å². The van der Waals surface area contributed by atoms with Crippen LogP contribution in [0.5, 0.6) is 0 Å². The summed E-state index contributed by atoms with van der Waals surface area (Å²) in [5, 5.41) is 2.55. The van der Waals surface area contributed by atoms with Crippen molar-refractivity contribution in [1.29, 1.82) is 0 Å². The first-order valence-electron chi connectivity index (χ1n) is 8.56. The van der Waals surface area contributed by atoms with Gasteiger partial charge in [0.05, 0.1) is 11.3 Å². The molecule has 3 N–H and O–H groups in total. The van der Waals surface area contributed by atoms with Gasteiger partial charge in [-0.1, -0.05) is 42.0 Å². The van der Waals surface area contributed by atoms with E-state index in [0.29, 0.717) is 0 Å². The number of benzene rings is 2. The first-order valence-corrected chi connectivity index (χ1v) is 8.56. The number of amides is 2. The summed E-state index contributed by atoms with van der Waals surface area (Å²) in [6, 6.07) is 16.9. The summed E-state index contributed by atoms with van der Waals surface area (Å²) in [5.41, 5.74) is 6.98. The van der Waals surface area contributed by atoms with Gasteiger partial charge in [0, 0.05) is 6.20 Å². The van der Waals surface area contributed by atoms with Gasteiger partial charge in [0.2, 0.25) is 0 Å². The van der Waals surface area contributed by atoms with E-state index in [9.17, 15) is 14.4 Å². The molecule has 28 heavy (non-hydrogen) atoms. The molecule has 142 valence electrons. The Balaban J connectivity index is 1.79. The zero-order valence-electron chi connectivity index (χ0n) is 15.2. The van der Waals surface area contributed by atoms with E-state index in [-0.39, 0.29) is 23.4 Å². The molecular weight excluding hydrogens is 358 g/mol. The van der Waals surface area contributed by atoms with Crippen LogP contribution in [-0.2, 0) is 6.61 Å². The smallest absolute Gasteiger partial charge is 0.295 e. The molecule has 2 amide bonds. The second-order valence-corrected chi connectivity index (χ2v) is 6.18. The van der Waals surface area contributed by atoms with Gasteiger partial charge in [0.15, 0.2) is 0 Å². The van der Waals surface area contributed by atoms with Crippen molar-refractivity contribution in [2.24, 2.45) is 5.73 Å². The highest BCUT2D eigenvalue weighted by atomic mass is 16.7. The fourth-order valence-electron chi connectivity index (χ4n) is 2.57. The van der Waals surface area contributed by atoms with E-state index < -0.39 is 17.4 Å². The molecule has 0 fully saturated rings. The molecule has 0 aliphatic rings. The van der Waals surface area contributed by atoms with Crippen molar-refractivity contribution in [3.8, 4) is 0 Å². The van der Waals surface area contributed by atoms with E-state index in [1.165, 1.54) is 30.5 Å². The van der Waals surface area contributed by atoms with Crippen LogP contribution >= 0.6 is 0 Å². The Morgan fingerprint density at radius 1 is 1.00 bits per heavy atom. The van der Waals surface area contributed by atoms with Crippen LogP contribution in [0.15, 0.2) is 71.7 Å². The molecule has 1 aromatic heterocycles. The van der Waals surface area contributed by atoms with Crippen molar-refractivity contribution >= 4 is 17.5 Å². The van der Waals surface area contributed by atoms with E-state index in [4.69, 9.17) is 10.6 Å². The number of aryl methyl sites for hydroxylation is 1. The predicted molar refractivity (Wildman–Crippen MR) is 105 cm³/mol. The van der Waals surface area contributed by atoms with Gasteiger partial charge in [-0.15, -0.1) is 0 Å². The molecule has 3 aromatic rings. The topological polar surface area (TPSA) is 103 Å². The van der Waals surface area contributed by atoms with Crippen LogP contribution in [0.25, 0.3) is 0 Å². The number of hydrogen-bond donors (Lipinski definition) is 2. The number of primary amides is 1. The number of carbonyl (C=O) groups excluding carboxylic acids is 2. The number of rotatable bonds is 6. The predicted octanol–water partition coefficient (Wildman–Crippen LogP) is 2.14. The van der Waals surface area contributed by atoms with Gasteiger partial charge in [-0.25, -0.2) is 0 Å². The number of para-hydroxylation sites is 1. The monoisotopic (exact) mass is 377 g/mol. The van der Waals surface area contributed by atoms with E-state index in [1.807, 2.05) is 31.2 Å². The lowest BCUT2D eigenvalue weighted by Gasteiger charge is -2.11. The summed E-state index contributed by atoms with van der Waals surface area (Å²) in [5.74, 6) is -1.34. The standard InChI is InChI=1S/C21H19N3O4/c1-14-8-10-15(11-9-14)13-28-24-12-4-6-17(21(24)27)20(26)23-18-7-3-2-5-16(18)19(22)25/h2-12H,13H2,1H3,(H2,22,25)(H,23,26). The fraction of sp³-hybridized carbons (Fsp3) is 0.0952. The molecule has 0 unspecified atom stereocenters. The van der Waals surface area contributed by atoms with Crippen LogP contribution in [0.4, 0.5) is 5.69 Å². The summed E-state index contributed by atoms with van der Waals surface area (Å²) in [4.78, 5) is 42.1. The summed E-state index contributed by atoms with van der Waals surface area (Å²) in [6.45, 7) is 2.16. The minimum Gasteiger partial charge on any atom is -0.406 e. The van der Waals surface area contributed by atoms with Crippen molar-refractivity contribution in [2.45, 2.75) is 13.5 Å². The number of nitrogens with zero attached hydrogens (tertiary/aromatic N) is 1. The summed E-state index contributed by atoms with van der Waals surface area (Å²) in [6.07, 6.45) is 1.44. The molecule has 0 bridgehead atoms. The molecule has 0 aliphatic carbocycles. The molecule has 1 heterocycles. The van der Waals surface area contributed by atoms with Crippen molar-refractivity contribution in [1.82, 2.24) is 4.73 Å². The van der Waals surface area contributed by atoms with Crippen molar-refractivity contribution in [3.05, 3.63) is 99.5 Å². The van der Waals surface area contributed by atoms with Gasteiger partial charge < -0.3 is 15.9 Å². The molecule has 7 heteroatoms. The molecule has 0 saturated carbocycles. The van der Waals surface area contributed by atoms with E-state index in [0.717, 1.165) is 15.9 Å². The Bertz CT molecular complexity index is 1070. The highest BCUT2D eigenvalue weighted by Gasteiger charge is 2.16. The summed E-state index contributed by atoms with van der Waals surface area (Å²) in [7, 11) is 0. The summed E-state index contributed by atoms with van der Waals surface area (Å²) < 4.78 is 1.01. The Labute approximate surface area is 161 Å². The SMILES string of the molecule is Cc1ccc(COn2cccc(C(=O)Nc3ccccc3C(N)=O)c2=O)cc1. The fourth-order valence-corrected chi connectivity index (χ4v) is 2.57. The van der Waals surface area contributed by atoms with E-state index in [1.54, 1.807) is 12.1 Å². The molecule has 2 aromatic carbocycles. The van der Waals surface area contributed by atoms with Crippen molar-refractivity contribution < 1.29 is 14.4 Å². The second kappa shape index (κ2) is 8.22. The molecule has 0 radical (unpaired) electrons. The molecule has 7 nitrogen and oxygen atoms in total. The minimum absolute atomic E-state index is 0.120. The number of pyridine rings is 1. The Hall–Kier alpha value is -3.87. The van der Waals surface area contributed by atoms with Crippen LogP contribution in [0.3, 0.4) is 0 Å². The maximum Gasteiger partial charge on any atom is 0.295 e. The maximum atomic E-state index is 12.6. The van der Waals surface area contributed by atoms with Crippen LogP contribution < -0.4 is 21.4 Å². The van der Waals surface area contributed by atoms with Crippen LogP contribution in [0.1, 0.15) is 31.8 Å². The largest absolute Gasteiger partial charge is 0.406 e. The first kappa shape index (κ1) is 18.9. The Morgan fingerprint density at radius 3 is 2.39 bits per heavy atom. The van der Waals surface area contributed by atoms with Gasteiger partial charge in [-0.3, -0.25) is 14.4 Å². The maximum absolute atomic E-state index is 12.6. The number of nitrogens with two attached hydrogens (primary N) is 1. The zero-order valence-corrected chi connectivity index (χ0v) is 15.2. The van der Waals surface area contributed by atoms with Crippen LogP contribution in [-0.4, -0.2) is 16.5 Å². The Kier molecular flexibility index (Phi) is 5.55. The average Bonchev–Trinajstić information content (AvgIpc) is 2.68. The highest BCUT2D eigenvalue weighted by molar-refractivity contribution is 6.08. The number of aromatic nitrogens is 1. The third kappa shape index (κ3) is 4.27. The second-order valence-electron chi connectivity index (χ2n) is 6.18. The molecule has 0 aliphatic heterocycles. The molecule has 0 spiro atoms. The summed E-state index contributed by atoms with van der Waals surface area (Å²) >= 11 is 0.